The molecular weight excluding hydrogens is 526 g/mol. The Balaban J connectivity index is 1.55. The van der Waals surface area contributed by atoms with E-state index < -0.39 is 5.97 Å². The number of aromatic amines is 2. The standard InChI is InChI=1S/C28H28ClN3O7/c1-13-21(28(35)39-5)23-22-15(11-29)12-32(17(22)10-18(33)25(23)30-13)20(34)7-6-16-8-14-9-19(36-2)26(37-3)27(38-4)24(14)31-16/h6-10,15,30-31,33H,11-12H2,1-5H3/b7-6+/t15-/m1/s1. The number of carbonyl (C=O) groups is 2. The molecule has 3 heterocycles. The number of alkyl halides is 1. The zero-order valence-corrected chi connectivity index (χ0v) is 22.9. The Bertz CT molecular complexity index is 1650. The molecule has 2 aromatic carbocycles. The molecule has 0 saturated carbocycles. The van der Waals surface area contributed by atoms with Crippen molar-refractivity contribution in [1.29, 1.82) is 0 Å². The summed E-state index contributed by atoms with van der Waals surface area (Å²) < 4.78 is 21.4. The molecule has 0 bridgehead atoms. The van der Waals surface area contributed by atoms with E-state index in [-0.39, 0.29) is 23.5 Å². The van der Waals surface area contributed by atoms with Gasteiger partial charge in [0.1, 0.15) is 5.75 Å². The molecule has 0 unspecified atom stereocenters. The lowest BCUT2D eigenvalue weighted by Gasteiger charge is -2.16. The van der Waals surface area contributed by atoms with Gasteiger partial charge in [-0.25, -0.2) is 4.79 Å². The lowest BCUT2D eigenvalue weighted by Crippen LogP contribution is -2.28. The summed E-state index contributed by atoms with van der Waals surface area (Å²) in [5.41, 5.74) is 3.85. The highest BCUT2D eigenvalue weighted by Crippen LogP contribution is 2.47. The summed E-state index contributed by atoms with van der Waals surface area (Å²) >= 11 is 6.33. The topological polar surface area (TPSA) is 126 Å². The Morgan fingerprint density at radius 1 is 1.08 bits per heavy atom. The van der Waals surface area contributed by atoms with Crippen molar-refractivity contribution in [3.05, 3.63) is 46.8 Å². The average Bonchev–Trinajstić information content (AvgIpc) is 3.62. The summed E-state index contributed by atoms with van der Waals surface area (Å²) in [7, 11) is 5.92. The minimum Gasteiger partial charge on any atom is -0.506 e. The molecule has 1 amide bonds. The number of hydrogen-bond donors (Lipinski definition) is 3. The number of esters is 1. The Morgan fingerprint density at radius 2 is 1.82 bits per heavy atom. The molecular formula is C28H28ClN3O7. The van der Waals surface area contributed by atoms with Crippen LogP contribution < -0.4 is 19.1 Å². The molecule has 10 nitrogen and oxygen atoms in total. The van der Waals surface area contributed by atoms with Gasteiger partial charge in [0.15, 0.2) is 11.5 Å². The molecule has 0 spiro atoms. The molecule has 204 valence electrons. The first-order chi connectivity index (χ1) is 18.8. The number of aromatic hydroxyl groups is 1. The maximum Gasteiger partial charge on any atom is 0.340 e. The summed E-state index contributed by atoms with van der Waals surface area (Å²) in [6, 6.07) is 5.21. The highest BCUT2D eigenvalue weighted by atomic mass is 35.5. The second kappa shape index (κ2) is 10.1. The predicted molar refractivity (Wildman–Crippen MR) is 149 cm³/mol. The van der Waals surface area contributed by atoms with E-state index in [4.69, 9.17) is 30.5 Å². The number of anilines is 1. The molecule has 5 rings (SSSR count). The van der Waals surface area contributed by atoms with Crippen molar-refractivity contribution in [2.45, 2.75) is 12.8 Å². The summed E-state index contributed by atoms with van der Waals surface area (Å²) in [5.74, 6) is 0.505. The van der Waals surface area contributed by atoms with Crippen LogP contribution in [-0.2, 0) is 9.53 Å². The summed E-state index contributed by atoms with van der Waals surface area (Å²) in [6.07, 6.45) is 3.10. The Labute approximate surface area is 229 Å². The molecule has 11 heteroatoms. The van der Waals surface area contributed by atoms with E-state index in [0.29, 0.717) is 62.9 Å². The van der Waals surface area contributed by atoms with Gasteiger partial charge in [-0.3, -0.25) is 4.79 Å². The third kappa shape index (κ3) is 4.11. The van der Waals surface area contributed by atoms with Gasteiger partial charge in [-0.2, -0.15) is 0 Å². The Morgan fingerprint density at radius 3 is 2.46 bits per heavy atom. The van der Waals surface area contributed by atoms with Crippen molar-refractivity contribution in [3.8, 4) is 23.0 Å². The quantitative estimate of drug-likeness (QED) is 0.169. The molecule has 0 radical (unpaired) electrons. The fourth-order valence-corrected chi connectivity index (χ4v) is 5.59. The maximum atomic E-state index is 13.4. The normalized spacial score (nSPS) is 14.8. The van der Waals surface area contributed by atoms with E-state index in [2.05, 4.69) is 9.97 Å². The number of ether oxygens (including phenoxy) is 4. The molecule has 0 fully saturated rings. The van der Waals surface area contributed by atoms with Crippen LogP contribution in [0.15, 0.2) is 24.3 Å². The van der Waals surface area contributed by atoms with Crippen molar-refractivity contribution in [2.75, 3.05) is 45.8 Å². The molecule has 1 aliphatic rings. The van der Waals surface area contributed by atoms with Crippen LogP contribution in [-0.4, -0.2) is 67.8 Å². The van der Waals surface area contributed by atoms with Crippen molar-refractivity contribution < 1.29 is 33.6 Å². The van der Waals surface area contributed by atoms with E-state index in [1.165, 1.54) is 26.4 Å². The molecule has 4 aromatic rings. The molecule has 1 aliphatic heterocycles. The fraction of sp³-hybridized carbons (Fsp3) is 0.286. The number of nitrogens with one attached hydrogen (secondary N) is 2. The summed E-state index contributed by atoms with van der Waals surface area (Å²) in [6.45, 7) is 2.02. The lowest BCUT2D eigenvalue weighted by atomic mass is 9.95. The number of benzene rings is 2. The number of rotatable bonds is 7. The first-order valence-corrected chi connectivity index (χ1v) is 12.6. The van der Waals surface area contributed by atoms with Gasteiger partial charge in [0.2, 0.25) is 5.75 Å². The van der Waals surface area contributed by atoms with Gasteiger partial charge in [0.25, 0.3) is 5.91 Å². The van der Waals surface area contributed by atoms with Gasteiger partial charge < -0.3 is 38.9 Å². The minimum atomic E-state index is -0.535. The SMILES string of the molecule is COC(=O)c1c(C)[nH]c2c(O)cc3c(c12)[C@H](CCl)CN3C(=O)/C=C/c1cc2cc(OC)c(OC)c(OC)c2[nH]1. The smallest absolute Gasteiger partial charge is 0.340 e. The van der Waals surface area contributed by atoms with Crippen molar-refractivity contribution in [1.82, 2.24) is 9.97 Å². The highest BCUT2D eigenvalue weighted by molar-refractivity contribution is 6.20. The molecule has 2 aromatic heterocycles. The second-order valence-corrected chi connectivity index (χ2v) is 9.47. The van der Waals surface area contributed by atoms with Gasteiger partial charge >= 0.3 is 5.97 Å². The molecule has 39 heavy (non-hydrogen) atoms. The van der Waals surface area contributed by atoms with Gasteiger partial charge in [-0.1, -0.05) is 0 Å². The fourth-order valence-electron chi connectivity index (χ4n) is 5.34. The molecule has 0 saturated heterocycles. The van der Waals surface area contributed by atoms with E-state index in [1.807, 2.05) is 12.1 Å². The van der Waals surface area contributed by atoms with E-state index in [1.54, 1.807) is 32.1 Å². The number of phenolic OH excluding ortho intramolecular Hbond substituents is 1. The number of carbonyl (C=O) groups excluding carboxylic acids is 2. The van der Waals surface area contributed by atoms with Crippen LogP contribution >= 0.6 is 11.6 Å². The van der Waals surface area contributed by atoms with Gasteiger partial charge in [-0.05, 0) is 30.7 Å². The third-order valence-corrected chi connectivity index (χ3v) is 7.43. The van der Waals surface area contributed by atoms with Crippen LogP contribution in [0.5, 0.6) is 23.0 Å². The van der Waals surface area contributed by atoms with Crippen molar-refractivity contribution in [3.63, 3.8) is 0 Å². The second-order valence-electron chi connectivity index (χ2n) is 9.16. The number of aromatic nitrogens is 2. The number of amides is 1. The largest absolute Gasteiger partial charge is 0.506 e. The number of hydrogen-bond acceptors (Lipinski definition) is 7. The highest BCUT2D eigenvalue weighted by Gasteiger charge is 2.36. The monoisotopic (exact) mass is 553 g/mol. The zero-order chi connectivity index (χ0) is 28.0. The predicted octanol–water partition coefficient (Wildman–Crippen LogP) is 4.86. The number of methoxy groups -OCH3 is 4. The zero-order valence-electron chi connectivity index (χ0n) is 22.1. The van der Waals surface area contributed by atoms with Gasteiger partial charge in [-0.15, -0.1) is 11.6 Å². The first-order valence-electron chi connectivity index (χ1n) is 12.1. The molecule has 1 atom stereocenters. The van der Waals surface area contributed by atoms with Crippen molar-refractivity contribution in [2.24, 2.45) is 0 Å². The average molecular weight is 554 g/mol. The van der Waals surface area contributed by atoms with E-state index >= 15 is 0 Å². The van der Waals surface area contributed by atoms with Gasteiger partial charge in [0, 0.05) is 52.6 Å². The van der Waals surface area contributed by atoms with Gasteiger partial charge in [0.05, 0.1) is 50.7 Å². The Hall–Kier alpha value is -4.31. The van der Waals surface area contributed by atoms with Crippen LogP contribution in [0, 0.1) is 6.92 Å². The van der Waals surface area contributed by atoms with Crippen LogP contribution in [0.4, 0.5) is 5.69 Å². The number of nitrogens with zero attached hydrogens (tertiary/aromatic N) is 1. The summed E-state index contributed by atoms with van der Waals surface area (Å²) in [4.78, 5) is 33.9. The number of H-pyrrole nitrogens is 2. The van der Waals surface area contributed by atoms with Crippen LogP contribution in [0.1, 0.15) is 33.2 Å². The van der Waals surface area contributed by atoms with E-state index in [9.17, 15) is 14.7 Å². The number of halogens is 1. The first kappa shape index (κ1) is 26.3. The van der Waals surface area contributed by atoms with Crippen LogP contribution in [0.2, 0.25) is 0 Å². The molecule has 3 N–H and O–H groups in total. The third-order valence-electron chi connectivity index (χ3n) is 7.05. The van der Waals surface area contributed by atoms with Crippen LogP contribution in [0.3, 0.4) is 0 Å². The summed E-state index contributed by atoms with van der Waals surface area (Å²) in [5, 5.41) is 12.1. The Kier molecular flexibility index (Phi) is 6.82. The minimum absolute atomic E-state index is 0.0791. The maximum absolute atomic E-state index is 13.4. The number of phenols is 1. The molecule has 0 aliphatic carbocycles. The lowest BCUT2D eigenvalue weighted by molar-refractivity contribution is -0.114. The van der Waals surface area contributed by atoms with E-state index in [0.717, 1.165) is 10.9 Å². The number of fused-ring (bicyclic) bond motifs is 4. The van der Waals surface area contributed by atoms with Crippen LogP contribution in [0.25, 0.3) is 27.9 Å². The van der Waals surface area contributed by atoms with Crippen molar-refractivity contribution >= 4 is 57.0 Å². The number of aryl methyl sites for hydroxylation is 1.